The standard InChI is InChI=1S/C18H14N2O6/c21-15(7-9-17(23)24)19-13-5-1-3-11-12(13)4-2-6-14(11)20-16(22)8-10-18(25)26/h1-10H,(H,19,21)(H,20,22)(H,23,24)(H,25,26)/b9-7-,10-8+. The van der Waals surface area contributed by atoms with E-state index in [4.69, 9.17) is 10.2 Å². The average Bonchev–Trinajstić information content (AvgIpc) is 2.59. The summed E-state index contributed by atoms with van der Waals surface area (Å²) < 4.78 is 0. The Balaban J connectivity index is 2.30. The SMILES string of the molecule is O=C(O)/C=C\C(=O)Nc1cccc2c(NC(=O)/C=C/C(=O)O)cccc12. The van der Waals surface area contributed by atoms with Gasteiger partial charge in [-0.1, -0.05) is 24.3 Å². The molecule has 0 saturated heterocycles. The van der Waals surface area contributed by atoms with Gasteiger partial charge in [0.2, 0.25) is 11.8 Å². The number of amides is 2. The minimum absolute atomic E-state index is 0.430. The van der Waals surface area contributed by atoms with Crippen LogP contribution in [0.2, 0.25) is 0 Å². The number of carbonyl (C=O) groups excluding carboxylic acids is 2. The summed E-state index contributed by atoms with van der Waals surface area (Å²) in [5.74, 6) is -3.70. The summed E-state index contributed by atoms with van der Waals surface area (Å²) in [5, 5.41) is 23.5. The highest BCUT2D eigenvalue weighted by molar-refractivity contribution is 6.12. The molecule has 0 heterocycles. The maximum atomic E-state index is 11.8. The number of fused-ring (bicyclic) bond motifs is 1. The molecule has 8 nitrogen and oxygen atoms in total. The Hall–Kier alpha value is -3.94. The van der Waals surface area contributed by atoms with Crippen LogP contribution >= 0.6 is 0 Å². The van der Waals surface area contributed by atoms with Crippen LogP contribution in [0, 0.1) is 0 Å². The van der Waals surface area contributed by atoms with Crippen molar-refractivity contribution in [3.8, 4) is 0 Å². The van der Waals surface area contributed by atoms with Gasteiger partial charge in [0.05, 0.1) is 0 Å². The Labute approximate surface area is 147 Å². The summed E-state index contributed by atoms with van der Waals surface area (Å²) in [6.45, 7) is 0. The third-order valence-corrected chi connectivity index (χ3v) is 3.19. The molecule has 2 rings (SSSR count). The van der Waals surface area contributed by atoms with Gasteiger partial charge in [-0.2, -0.15) is 0 Å². The second-order valence-electron chi connectivity index (χ2n) is 5.03. The molecular weight excluding hydrogens is 340 g/mol. The van der Waals surface area contributed by atoms with E-state index in [1.165, 1.54) is 0 Å². The predicted octanol–water partition coefficient (Wildman–Crippen LogP) is 2.00. The monoisotopic (exact) mass is 354 g/mol. The molecule has 0 bridgehead atoms. The van der Waals surface area contributed by atoms with E-state index >= 15 is 0 Å². The molecule has 0 saturated carbocycles. The van der Waals surface area contributed by atoms with E-state index in [0.717, 1.165) is 24.3 Å². The number of rotatable bonds is 6. The minimum atomic E-state index is -1.24. The van der Waals surface area contributed by atoms with Gasteiger partial charge >= 0.3 is 11.9 Å². The number of carbonyl (C=O) groups is 4. The first-order chi connectivity index (χ1) is 12.4. The number of hydrogen-bond donors (Lipinski definition) is 4. The predicted molar refractivity (Wildman–Crippen MR) is 94.8 cm³/mol. The molecule has 4 N–H and O–H groups in total. The van der Waals surface area contributed by atoms with Crippen LogP contribution in [0.15, 0.2) is 60.7 Å². The van der Waals surface area contributed by atoms with Crippen molar-refractivity contribution in [1.29, 1.82) is 0 Å². The molecule has 0 aliphatic rings. The molecule has 0 radical (unpaired) electrons. The minimum Gasteiger partial charge on any atom is -0.478 e. The Morgan fingerprint density at radius 3 is 1.38 bits per heavy atom. The zero-order chi connectivity index (χ0) is 19.1. The van der Waals surface area contributed by atoms with Crippen molar-refractivity contribution in [3.05, 3.63) is 60.7 Å². The molecule has 2 aromatic rings. The molecule has 132 valence electrons. The lowest BCUT2D eigenvalue weighted by Gasteiger charge is -2.11. The first-order valence-electron chi connectivity index (χ1n) is 7.32. The molecule has 8 heteroatoms. The largest absolute Gasteiger partial charge is 0.478 e. The van der Waals surface area contributed by atoms with Gasteiger partial charge in [-0.25, -0.2) is 9.59 Å². The molecule has 0 aromatic heterocycles. The highest BCUT2D eigenvalue weighted by atomic mass is 16.4. The lowest BCUT2D eigenvalue weighted by atomic mass is 10.1. The smallest absolute Gasteiger partial charge is 0.328 e. The molecule has 0 fully saturated rings. The summed E-state index contributed by atoms with van der Waals surface area (Å²) in [7, 11) is 0. The Bertz CT molecular complexity index is 869. The second-order valence-corrected chi connectivity index (χ2v) is 5.03. The van der Waals surface area contributed by atoms with Gasteiger partial charge < -0.3 is 20.8 Å². The third kappa shape index (κ3) is 5.03. The van der Waals surface area contributed by atoms with Crippen LogP contribution < -0.4 is 10.6 Å². The van der Waals surface area contributed by atoms with Crippen LogP contribution in [0.25, 0.3) is 10.8 Å². The second kappa shape index (κ2) is 8.25. The summed E-state index contributed by atoms with van der Waals surface area (Å²) >= 11 is 0. The summed E-state index contributed by atoms with van der Waals surface area (Å²) in [6.07, 6.45) is 3.23. The molecule has 0 unspecified atom stereocenters. The molecular formula is C18H14N2O6. The first-order valence-corrected chi connectivity index (χ1v) is 7.32. The number of benzene rings is 2. The zero-order valence-electron chi connectivity index (χ0n) is 13.3. The van der Waals surface area contributed by atoms with Crippen molar-refractivity contribution < 1.29 is 29.4 Å². The zero-order valence-corrected chi connectivity index (χ0v) is 13.3. The van der Waals surface area contributed by atoms with Crippen LogP contribution in [0.1, 0.15) is 0 Å². The van der Waals surface area contributed by atoms with Crippen molar-refractivity contribution in [2.75, 3.05) is 10.6 Å². The van der Waals surface area contributed by atoms with Gasteiger partial charge in [0, 0.05) is 46.5 Å². The average molecular weight is 354 g/mol. The normalized spacial score (nSPS) is 10.9. The van der Waals surface area contributed by atoms with E-state index in [9.17, 15) is 19.2 Å². The number of anilines is 2. The first kappa shape index (κ1) is 18.4. The van der Waals surface area contributed by atoms with Crippen LogP contribution in [0.5, 0.6) is 0 Å². The molecule has 0 aliphatic heterocycles. The van der Waals surface area contributed by atoms with Crippen molar-refractivity contribution in [1.82, 2.24) is 0 Å². The van der Waals surface area contributed by atoms with E-state index in [2.05, 4.69) is 10.6 Å². The lowest BCUT2D eigenvalue weighted by molar-refractivity contribution is -0.132. The quantitative estimate of drug-likeness (QED) is 0.587. The topological polar surface area (TPSA) is 133 Å². The van der Waals surface area contributed by atoms with Crippen LogP contribution in [-0.4, -0.2) is 34.0 Å². The van der Waals surface area contributed by atoms with E-state index in [0.29, 0.717) is 22.1 Å². The maximum Gasteiger partial charge on any atom is 0.328 e. The summed E-state index contributed by atoms with van der Waals surface area (Å²) in [6, 6.07) is 10.0. The molecule has 0 aliphatic carbocycles. The van der Waals surface area contributed by atoms with Crippen LogP contribution in [0.4, 0.5) is 11.4 Å². The highest BCUT2D eigenvalue weighted by Crippen LogP contribution is 2.29. The van der Waals surface area contributed by atoms with Crippen molar-refractivity contribution in [3.63, 3.8) is 0 Å². The van der Waals surface area contributed by atoms with E-state index < -0.39 is 23.8 Å². The summed E-state index contributed by atoms with van der Waals surface area (Å²) in [4.78, 5) is 44.5. The van der Waals surface area contributed by atoms with Gasteiger partial charge in [-0.05, 0) is 12.1 Å². The molecule has 0 spiro atoms. The molecule has 2 aromatic carbocycles. The van der Waals surface area contributed by atoms with E-state index in [1.807, 2.05) is 0 Å². The molecule has 26 heavy (non-hydrogen) atoms. The number of nitrogens with one attached hydrogen (secondary N) is 2. The van der Waals surface area contributed by atoms with E-state index in [-0.39, 0.29) is 0 Å². The number of hydrogen-bond acceptors (Lipinski definition) is 4. The van der Waals surface area contributed by atoms with Crippen molar-refractivity contribution in [2.45, 2.75) is 0 Å². The maximum absolute atomic E-state index is 11.8. The van der Waals surface area contributed by atoms with Crippen LogP contribution in [-0.2, 0) is 19.2 Å². The van der Waals surface area contributed by atoms with E-state index in [1.54, 1.807) is 36.4 Å². The van der Waals surface area contributed by atoms with Crippen molar-refractivity contribution >= 4 is 45.9 Å². The number of aliphatic carboxylic acids is 2. The highest BCUT2D eigenvalue weighted by Gasteiger charge is 2.08. The summed E-state index contributed by atoms with van der Waals surface area (Å²) in [5.41, 5.74) is 0.861. The Morgan fingerprint density at radius 2 is 1.04 bits per heavy atom. The Morgan fingerprint density at radius 1 is 0.654 bits per heavy atom. The molecule has 2 amide bonds. The Kier molecular flexibility index (Phi) is 5.83. The number of carboxylic acid groups (broad SMARTS) is 2. The lowest BCUT2D eigenvalue weighted by Crippen LogP contribution is -2.10. The fourth-order valence-corrected chi connectivity index (χ4v) is 2.17. The third-order valence-electron chi connectivity index (χ3n) is 3.19. The van der Waals surface area contributed by atoms with Gasteiger partial charge in [0.15, 0.2) is 0 Å². The fraction of sp³-hybridized carbons (Fsp3) is 0. The van der Waals surface area contributed by atoms with Gasteiger partial charge in [0.25, 0.3) is 0 Å². The fourth-order valence-electron chi connectivity index (χ4n) is 2.17. The van der Waals surface area contributed by atoms with Crippen LogP contribution in [0.3, 0.4) is 0 Å². The molecule has 0 atom stereocenters. The number of carboxylic acids is 2. The van der Waals surface area contributed by atoms with Gasteiger partial charge in [0.1, 0.15) is 0 Å². The van der Waals surface area contributed by atoms with Crippen molar-refractivity contribution in [2.24, 2.45) is 0 Å². The van der Waals surface area contributed by atoms with Gasteiger partial charge in [-0.3, -0.25) is 9.59 Å². The van der Waals surface area contributed by atoms with Gasteiger partial charge in [-0.15, -0.1) is 0 Å².